The Morgan fingerprint density at radius 3 is 2.68 bits per heavy atom. The van der Waals surface area contributed by atoms with Crippen LogP contribution in [0.15, 0.2) is 28.3 Å². The fourth-order valence-electron chi connectivity index (χ4n) is 3.55. The highest BCUT2D eigenvalue weighted by Gasteiger charge is 2.27. The molecule has 3 aromatic rings. The van der Waals surface area contributed by atoms with Crippen LogP contribution in [0, 0.1) is 0 Å². The number of benzene rings is 1. The van der Waals surface area contributed by atoms with E-state index >= 15 is 0 Å². The number of aryl methyl sites for hydroxylation is 1. The van der Waals surface area contributed by atoms with Crippen LogP contribution in [-0.2, 0) is 27.1 Å². The Bertz CT molecular complexity index is 1150. The van der Waals surface area contributed by atoms with Crippen LogP contribution < -0.4 is 0 Å². The molecule has 4 rings (SSSR count). The maximum atomic E-state index is 13.0. The van der Waals surface area contributed by atoms with E-state index in [0.717, 1.165) is 30.1 Å². The van der Waals surface area contributed by atoms with E-state index in [4.69, 9.17) is 9.72 Å². The maximum absolute atomic E-state index is 13.0. The van der Waals surface area contributed by atoms with Gasteiger partial charge < -0.3 is 9.30 Å². The lowest BCUT2D eigenvalue weighted by molar-refractivity contribution is 0.0730. The van der Waals surface area contributed by atoms with Crippen LogP contribution >= 0.6 is 11.8 Å². The van der Waals surface area contributed by atoms with Crippen molar-refractivity contribution in [3.05, 3.63) is 29.8 Å². The van der Waals surface area contributed by atoms with Crippen LogP contribution in [0.2, 0.25) is 0 Å². The van der Waals surface area contributed by atoms with Gasteiger partial charge >= 0.3 is 0 Å². The number of sulfonamides is 1. The number of nitrogens with zero attached hydrogens (tertiary/aromatic N) is 5. The van der Waals surface area contributed by atoms with Gasteiger partial charge in [-0.15, -0.1) is 5.10 Å². The van der Waals surface area contributed by atoms with Gasteiger partial charge in [0, 0.05) is 25.6 Å². The minimum atomic E-state index is -3.56. The SMILES string of the molecule is CCCn1c(CSc2n[nH]c(C(C)C)n2)nc2cc(S(=O)(=O)N3CCOCC3)ccc21. The van der Waals surface area contributed by atoms with Crippen LogP contribution in [0.4, 0.5) is 0 Å². The lowest BCUT2D eigenvalue weighted by atomic mass is 10.2. The lowest BCUT2D eigenvalue weighted by Crippen LogP contribution is -2.40. The molecule has 31 heavy (non-hydrogen) atoms. The summed E-state index contributed by atoms with van der Waals surface area (Å²) in [5.41, 5.74) is 1.63. The first kappa shape index (κ1) is 22.3. The van der Waals surface area contributed by atoms with Crippen molar-refractivity contribution in [3.8, 4) is 0 Å². The Kier molecular flexibility index (Phi) is 6.65. The van der Waals surface area contributed by atoms with Crippen molar-refractivity contribution in [1.29, 1.82) is 0 Å². The van der Waals surface area contributed by atoms with Gasteiger partial charge in [-0.25, -0.2) is 18.4 Å². The zero-order valence-corrected chi connectivity index (χ0v) is 19.7. The van der Waals surface area contributed by atoms with Gasteiger partial charge in [0.1, 0.15) is 11.6 Å². The van der Waals surface area contributed by atoms with Crippen molar-refractivity contribution in [2.45, 2.75) is 55.5 Å². The summed E-state index contributed by atoms with van der Waals surface area (Å²) in [6, 6.07) is 5.23. The second kappa shape index (κ2) is 9.27. The number of hydrogen-bond acceptors (Lipinski definition) is 7. The summed E-state index contributed by atoms with van der Waals surface area (Å²) in [7, 11) is -3.56. The number of aromatic nitrogens is 5. The molecule has 0 atom stereocenters. The second-order valence-electron chi connectivity index (χ2n) is 7.79. The molecule has 0 aliphatic carbocycles. The number of morpholine rings is 1. The molecule has 0 spiro atoms. The summed E-state index contributed by atoms with van der Waals surface area (Å²) in [5.74, 6) is 2.65. The largest absolute Gasteiger partial charge is 0.379 e. The first-order chi connectivity index (χ1) is 14.9. The van der Waals surface area contributed by atoms with Crippen molar-refractivity contribution in [3.63, 3.8) is 0 Å². The van der Waals surface area contributed by atoms with E-state index < -0.39 is 10.0 Å². The molecule has 9 nitrogen and oxygen atoms in total. The Balaban J connectivity index is 1.62. The number of ether oxygens (including phenoxy) is 1. The predicted molar refractivity (Wildman–Crippen MR) is 120 cm³/mol. The van der Waals surface area contributed by atoms with Crippen molar-refractivity contribution in [2.75, 3.05) is 26.3 Å². The molecule has 0 unspecified atom stereocenters. The van der Waals surface area contributed by atoms with E-state index in [0.29, 0.717) is 48.6 Å². The molecule has 1 fully saturated rings. The topological polar surface area (TPSA) is 106 Å². The molecule has 1 N–H and O–H groups in total. The third kappa shape index (κ3) is 4.64. The Hall–Kier alpha value is -1.95. The number of fused-ring (bicyclic) bond motifs is 1. The molecule has 168 valence electrons. The summed E-state index contributed by atoms with van der Waals surface area (Å²) in [6.45, 7) is 8.67. The molecular weight excluding hydrogens is 436 g/mol. The van der Waals surface area contributed by atoms with Crippen molar-refractivity contribution in [2.24, 2.45) is 0 Å². The fraction of sp³-hybridized carbons (Fsp3) is 0.550. The maximum Gasteiger partial charge on any atom is 0.243 e. The number of thioether (sulfide) groups is 1. The second-order valence-corrected chi connectivity index (χ2v) is 10.7. The van der Waals surface area contributed by atoms with Crippen molar-refractivity contribution < 1.29 is 13.2 Å². The molecule has 0 amide bonds. The molecule has 1 aliphatic heterocycles. The molecule has 0 radical (unpaired) electrons. The van der Waals surface area contributed by atoms with E-state index in [1.54, 1.807) is 12.1 Å². The van der Waals surface area contributed by atoms with Crippen LogP contribution in [0.1, 0.15) is 44.8 Å². The van der Waals surface area contributed by atoms with Crippen LogP contribution in [0.3, 0.4) is 0 Å². The molecule has 0 saturated carbocycles. The fourth-order valence-corrected chi connectivity index (χ4v) is 5.73. The van der Waals surface area contributed by atoms with Gasteiger partial charge in [0.15, 0.2) is 0 Å². The predicted octanol–water partition coefficient (Wildman–Crippen LogP) is 3.00. The Labute approximate surface area is 186 Å². The normalized spacial score (nSPS) is 15.9. The van der Waals surface area contributed by atoms with Gasteiger partial charge in [0.2, 0.25) is 15.2 Å². The van der Waals surface area contributed by atoms with Crippen molar-refractivity contribution >= 4 is 32.8 Å². The third-order valence-electron chi connectivity index (χ3n) is 5.21. The highest BCUT2D eigenvalue weighted by atomic mass is 32.2. The number of H-pyrrole nitrogens is 1. The quantitative estimate of drug-likeness (QED) is 0.511. The summed E-state index contributed by atoms with van der Waals surface area (Å²) < 4.78 is 35.0. The van der Waals surface area contributed by atoms with Gasteiger partial charge in [-0.3, -0.25) is 5.10 Å². The minimum Gasteiger partial charge on any atom is -0.379 e. The smallest absolute Gasteiger partial charge is 0.243 e. The van der Waals surface area contributed by atoms with Crippen LogP contribution in [-0.4, -0.2) is 63.8 Å². The van der Waals surface area contributed by atoms with Crippen LogP contribution in [0.5, 0.6) is 0 Å². The first-order valence-corrected chi connectivity index (χ1v) is 12.9. The Morgan fingerprint density at radius 1 is 1.23 bits per heavy atom. The van der Waals surface area contributed by atoms with Gasteiger partial charge in [0.25, 0.3) is 0 Å². The van der Waals surface area contributed by atoms with E-state index in [1.165, 1.54) is 16.1 Å². The van der Waals surface area contributed by atoms with Gasteiger partial charge in [-0.2, -0.15) is 4.31 Å². The summed E-state index contributed by atoms with van der Waals surface area (Å²) in [5, 5.41) is 7.94. The number of rotatable bonds is 8. The third-order valence-corrected chi connectivity index (χ3v) is 7.95. The molecule has 1 aliphatic rings. The highest BCUT2D eigenvalue weighted by molar-refractivity contribution is 7.98. The number of nitrogens with one attached hydrogen (secondary N) is 1. The molecule has 1 aromatic carbocycles. The Morgan fingerprint density at radius 2 is 2.00 bits per heavy atom. The first-order valence-electron chi connectivity index (χ1n) is 10.5. The van der Waals surface area contributed by atoms with E-state index in [1.807, 2.05) is 6.07 Å². The average Bonchev–Trinajstić information content (AvgIpc) is 3.38. The summed E-state index contributed by atoms with van der Waals surface area (Å²) in [6.07, 6.45) is 0.953. The number of aromatic amines is 1. The van der Waals surface area contributed by atoms with E-state index in [9.17, 15) is 8.42 Å². The zero-order chi connectivity index (χ0) is 22.0. The molecule has 3 heterocycles. The minimum absolute atomic E-state index is 0.276. The van der Waals surface area contributed by atoms with Gasteiger partial charge in [-0.05, 0) is 24.6 Å². The van der Waals surface area contributed by atoms with E-state index in [2.05, 4.69) is 40.5 Å². The van der Waals surface area contributed by atoms with Gasteiger partial charge in [-0.1, -0.05) is 32.5 Å². The monoisotopic (exact) mass is 464 g/mol. The standard InChI is InChI=1S/C20H28N6O3S2/c1-4-7-26-17-6-5-15(31(27,28)25-8-10-29-11-9-25)12-16(17)21-18(26)13-30-20-22-19(14(2)3)23-24-20/h5-6,12,14H,4,7-11,13H2,1-3H3,(H,22,23,24). The molecule has 2 aromatic heterocycles. The molecule has 1 saturated heterocycles. The number of hydrogen-bond donors (Lipinski definition) is 1. The number of imidazole rings is 1. The summed E-state index contributed by atoms with van der Waals surface area (Å²) >= 11 is 1.52. The molecular formula is C20H28N6O3S2. The molecule has 0 bridgehead atoms. The zero-order valence-electron chi connectivity index (χ0n) is 18.0. The molecule has 11 heteroatoms. The lowest BCUT2D eigenvalue weighted by Gasteiger charge is -2.26. The van der Waals surface area contributed by atoms with Crippen LogP contribution in [0.25, 0.3) is 11.0 Å². The summed E-state index contributed by atoms with van der Waals surface area (Å²) in [4.78, 5) is 9.57. The van der Waals surface area contributed by atoms with E-state index in [-0.39, 0.29) is 4.90 Å². The highest BCUT2D eigenvalue weighted by Crippen LogP contribution is 2.27. The average molecular weight is 465 g/mol. The van der Waals surface area contributed by atoms with Crippen molar-refractivity contribution in [1.82, 2.24) is 29.0 Å². The van der Waals surface area contributed by atoms with Gasteiger partial charge in [0.05, 0.1) is 34.9 Å².